The van der Waals surface area contributed by atoms with Gasteiger partial charge in [-0.2, -0.15) is 8.78 Å². The summed E-state index contributed by atoms with van der Waals surface area (Å²) < 4.78 is 33.6. The molecule has 1 aromatic heterocycles. The summed E-state index contributed by atoms with van der Waals surface area (Å²) in [5.41, 5.74) is -1.86. The van der Waals surface area contributed by atoms with Gasteiger partial charge in [0.2, 0.25) is 0 Å². The monoisotopic (exact) mass is 306 g/mol. The Morgan fingerprint density at radius 1 is 1.45 bits per heavy atom. The smallest absolute Gasteiger partial charge is 0.389 e. The zero-order valence-electron chi connectivity index (χ0n) is 11.7. The largest absolute Gasteiger partial charge is 0.461 e. The molecule has 0 aliphatic carbocycles. The summed E-state index contributed by atoms with van der Waals surface area (Å²) in [6.07, 6.45) is 5.18. The van der Waals surface area contributed by atoms with Crippen LogP contribution in [0, 0.1) is 12.3 Å². The molecule has 7 heteroatoms. The van der Waals surface area contributed by atoms with Crippen molar-refractivity contribution in [1.82, 2.24) is 9.55 Å². The average molecular weight is 306 g/mol. The molecule has 1 aromatic carbocycles. The fourth-order valence-corrected chi connectivity index (χ4v) is 1.96. The molecule has 22 heavy (non-hydrogen) atoms. The van der Waals surface area contributed by atoms with E-state index in [-0.39, 0.29) is 18.7 Å². The van der Waals surface area contributed by atoms with Gasteiger partial charge in [0.05, 0.1) is 24.2 Å². The SMILES string of the molecule is C#CCn1c(=O)c(C(F)(F)C(=O)OCC)nc2ccccc21. The number of benzene rings is 1. The van der Waals surface area contributed by atoms with E-state index < -0.39 is 23.1 Å². The van der Waals surface area contributed by atoms with E-state index in [1.807, 2.05) is 0 Å². The van der Waals surface area contributed by atoms with Gasteiger partial charge in [-0.05, 0) is 19.1 Å². The van der Waals surface area contributed by atoms with E-state index in [1.54, 1.807) is 12.1 Å². The lowest BCUT2D eigenvalue weighted by Crippen LogP contribution is -2.38. The third-order valence-electron chi connectivity index (χ3n) is 2.93. The van der Waals surface area contributed by atoms with E-state index in [0.717, 1.165) is 4.57 Å². The predicted octanol–water partition coefficient (Wildman–Crippen LogP) is 1.68. The molecule has 0 amide bonds. The number of para-hydroxylation sites is 2. The van der Waals surface area contributed by atoms with Gasteiger partial charge < -0.3 is 4.74 Å². The lowest BCUT2D eigenvalue weighted by atomic mass is 10.2. The Morgan fingerprint density at radius 3 is 2.77 bits per heavy atom. The zero-order valence-corrected chi connectivity index (χ0v) is 11.7. The van der Waals surface area contributed by atoms with Gasteiger partial charge in [-0.1, -0.05) is 18.1 Å². The molecule has 0 N–H and O–H groups in total. The van der Waals surface area contributed by atoms with Crippen molar-refractivity contribution < 1.29 is 18.3 Å². The van der Waals surface area contributed by atoms with Crippen LogP contribution >= 0.6 is 0 Å². The summed E-state index contributed by atoms with van der Waals surface area (Å²) in [4.78, 5) is 27.3. The van der Waals surface area contributed by atoms with Crippen LogP contribution in [0.5, 0.6) is 0 Å². The highest BCUT2D eigenvalue weighted by Crippen LogP contribution is 2.27. The fraction of sp³-hybridized carbons (Fsp3) is 0.267. The van der Waals surface area contributed by atoms with Gasteiger partial charge in [-0.3, -0.25) is 9.36 Å². The average Bonchev–Trinajstić information content (AvgIpc) is 2.50. The standard InChI is InChI=1S/C15H12F2N2O3/c1-3-9-19-11-8-6-5-7-10(11)18-12(13(19)20)15(16,17)14(21)22-4-2/h1,5-8H,4,9H2,2H3. The molecule has 0 bridgehead atoms. The molecule has 0 aliphatic heterocycles. The number of halogens is 2. The maximum atomic E-state index is 14.1. The second-order valence-corrected chi connectivity index (χ2v) is 4.34. The fourth-order valence-electron chi connectivity index (χ4n) is 1.96. The molecule has 0 fully saturated rings. The van der Waals surface area contributed by atoms with Gasteiger partial charge in [-0.25, -0.2) is 9.78 Å². The highest BCUT2D eigenvalue weighted by molar-refractivity contribution is 5.80. The Balaban J connectivity index is 2.75. The van der Waals surface area contributed by atoms with Crippen molar-refractivity contribution in [2.75, 3.05) is 6.61 Å². The summed E-state index contributed by atoms with van der Waals surface area (Å²) in [7, 11) is 0. The minimum atomic E-state index is -4.15. The number of terminal acetylenes is 1. The first-order valence-corrected chi connectivity index (χ1v) is 6.42. The molecule has 0 spiro atoms. The highest BCUT2D eigenvalue weighted by atomic mass is 19.3. The van der Waals surface area contributed by atoms with Crippen LogP contribution in [0.2, 0.25) is 0 Å². The maximum Gasteiger partial charge on any atom is 0.389 e. The predicted molar refractivity (Wildman–Crippen MR) is 75.4 cm³/mol. The van der Waals surface area contributed by atoms with Gasteiger partial charge in [0.1, 0.15) is 0 Å². The number of esters is 1. The first-order chi connectivity index (χ1) is 10.4. The van der Waals surface area contributed by atoms with Crippen molar-refractivity contribution in [3.63, 3.8) is 0 Å². The zero-order chi connectivity index (χ0) is 16.3. The Bertz CT molecular complexity index is 822. The van der Waals surface area contributed by atoms with Crippen LogP contribution in [-0.2, 0) is 22.0 Å². The Hall–Kier alpha value is -2.75. The minimum Gasteiger partial charge on any atom is -0.461 e. The number of hydrogen-bond acceptors (Lipinski definition) is 4. The van der Waals surface area contributed by atoms with Crippen molar-refractivity contribution in [2.24, 2.45) is 0 Å². The Kier molecular flexibility index (Phi) is 4.22. The number of carbonyl (C=O) groups is 1. The van der Waals surface area contributed by atoms with E-state index in [1.165, 1.54) is 19.1 Å². The molecule has 0 aliphatic rings. The highest BCUT2D eigenvalue weighted by Gasteiger charge is 2.47. The van der Waals surface area contributed by atoms with Gasteiger partial charge in [0, 0.05) is 0 Å². The summed E-state index contributed by atoms with van der Waals surface area (Å²) in [5, 5.41) is 0. The van der Waals surface area contributed by atoms with E-state index in [0.29, 0.717) is 5.52 Å². The van der Waals surface area contributed by atoms with E-state index >= 15 is 0 Å². The molecular formula is C15H12F2N2O3. The van der Waals surface area contributed by atoms with Gasteiger partial charge in [-0.15, -0.1) is 6.42 Å². The molecule has 114 valence electrons. The van der Waals surface area contributed by atoms with E-state index in [2.05, 4.69) is 15.6 Å². The van der Waals surface area contributed by atoms with Crippen LogP contribution in [0.25, 0.3) is 11.0 Å². The Labute approximate surface area is 124 Å². The molecule has 5 nitrogen and oxygen atoms in total. The van der Waals surface area contributed by atoms with Crippen LogP contribution in [0.1, 0.15) is 12.6 Å². The summed E-state index contributed by atoms with van der Waals surface area (Å²) in [5.74, 6) is -3.74. The second-order valence-electron chi connectivity index (χ2n) is 4.34. The number of aromatic nitrogens is 2. The lowest BCUT2D eigenvalue weighted by Gasteiger charge is -2.16. The number of hydrogen-bond donors (Lipinski definition) is 0. The van der Waals surface area contributed by atoms with Gasteiger partial charge in [0.15, 0.2) is 5.69 Å². The molecule has 2 rings (SSSR count). The molecule has 0 unspecified atom stereocenters. The van der Waals surface area contributed by atoms with Crippen molar-refractivity contribution >= 4 is 17.0 Å². The second kappa shape index (κ2) is 5.93. The molecular weight excluding hydrogens is 294 g/mol. The third-order valence-corrected chi connectivity index (χ3v) is 2.93. The quantitative estimate of drug-likeness (QED) is 0.637. The number of rotatable bonds is 4. The van der Waals surface area contributed by atoms with Crippen molar-refractivity contribution in [3.05, 3.63) is 40.3 Å². The minimum absolute atomic E-state index is 0.135. The molecule has 2 aromatic rings. The molecule has 0 saturated heterocycles. The number of ether oxygens (including phenoxy) is 1. The molecule has 0 atom stereocenters. The van der Waals surface area contributed by atoms with Crippen LogP contribution in [0.3, 0.4) is 0 Å². The number of carbonyl (C=O) groups excluding carboxylic acids is 1. The van der Waals surface area contributed by atoms with Gasteiger partial charge in [0.25, 0.3) is 5.56 Å². The maximum absolute atomic E-state index is 14.1. The van der Waals surface area contributed by atoms with Crippen molar-refractivity contribution in [3.8, 4) is 12.3 Å². The first kappa shape index (κ1) is 15.6. The van der Waals surface area contributed by atoms with Crippen LogP contribution in [0.4, 0.5) is 8.78 Å². The summed E-state index contributed by atoms with van der Waals surface area (Å²) in [6, 6.07) is 6.19. The number of nitrogens with zero attached hydrogens (tertiary/aromatic N) is 2. The van der Waals surface area contributed by atoms with Crippen molar-refractivity contribution in [1.29, 1.82) is 0 Å². The van der Waals surface area contributed by atoms with Crippen LogP contribution in [0.15, 0.2) is 29.1 Å². The first-order valence-electron chi connectivity index (χ1n) is 6.42. The normalized spacial score (nSPS) is 11.2. The molecule has 0 saturated carbocycles. The number of alkyl halides is 2. The van der Waals surface area contributed by atoms with Gasteiger partial charge >= 0.3 is 11.9 Å². The number of fused-ring (bicyclic) bond motifs is 1. The molecule has 0 radical (unpaired) electrons. The van der Waals surface area contributed by atoms with E-state index in [4.69, 9.17) is 6.42 Å². The lowest BCUT2D eigenvalue weighted by molar-refractivity contribution is -0.173. The topological polar surface area (TPSA) is 61.2 Å². The third kappa shape index (κ3) is 2.55. The van der Waals surface area contributed by atoms with E-state index in [9.17, 15) is 18.4 Å². The van der Waals surface area contributed by atoms with Crippen LogP contribution in [-0.4, -0.2) is 22.1 Å². The molecule has 1 heterocycles. The summed E-state index contributed by atoms with van der Waals surface area (Å²) >= 11 is 0. The van der Waals surface area contributed by atoms with Crippen molar-refractivity contribution in [2.45, 2.75) is 19.4 Å². The van der Waals surface area contributed by atoms with Crippen LogP contribution < -0.4 is 5.56 Å². The summed E-state index contributed by atoms with van der Waals surface area (Å²) in [6.45, 7) is 0.937. The Morgan fingerprint density at radius 2 is 2.14 bits per heavy atom.